The fourth-order valence-electron chi connectivity index (χ4n) is 3.83. The summed E-state index contributed by atoms with van der Waals surface area (Å²) in [5.41, 5.74) is 13.4. The predicted octanol–water partition coefficient (Wildman–Crippen LogP) is 3.32. The maximum atomic E-state index is 6.04. The van der Waals surface area contributed by atoms with Gasteiger partial charge in [-0.25, -0.2) is 4.98 Å². The molecular weight excluding hydrogens is 362 g/mol. The van der Waals surface area contributed by atoms with Gasteiger partial charge in [-0.05, 0) is 50.1 Å². The van der Waals surface area contributed by atoms with Gasteiger partial charge in [0.15, 0.2) is 0 Å². The van der Waals surface area contributed by atoms with Crippen molar-refractivity contribution in [1.29, 1.82) is 0 Å². The molecule has 5 heterocycles. The normalized spacial score (nSPS) is 15.2. The monoisotopic (exact) mass is 385 g/mol. The summed E-state index contributed by atoms with van der Waals surface area (Å²) in [4.78, 5) is 16.5. The maximum absolute atomic E-state index is 6.04. The molecule has 29 heavy (non-hydrogen) atoms. The van der Waals surface area contributed by atoms with Gasteiger partial charge in [-0.15, -0.1) is 0 Å². The van der Waals surface area contributed by atoms with Crippen LogP contribution in [0.3, 0.4) is 0 Å². The topological polar surface area (TPSA) is 96.6 Å². The van der Waals surface area contributed by atoms with E-state index in [1.807, 2.05) is 43.5 Å². The van der Waals surface area contributed by atoms with E-state index in [4.69, 9.17) is 10.7 Å². The SMILES string of the molecule is Cc1cccc(-c2[nH]ncc2-c2ccc3ncc(N4CCC(N)CC4)cc3n2)n1. The zero-order chi connectivity index (χ0) is 19.8. The lowest BCUT2D eigenvalue weighted by Crippen LogP contribution is -2.39. The second-order valence-corrected chi connectivity index (χ2v) is 7.58. The Morgan fingerprint density at radius 3 is 2.69 bits per heavy atom. The maximum Gasteiger partial charge on any atom is 0.0928 e. The number of aromatic nitrogens is 5. The highest BCUT2D eigenvalue weighted by Gasteiger charge is 2.18. The number of nitrogens with zero attached hydrogens (tertiary/aromatic N) is 5. The van der Waals surface area contributed by atoms with Gasteiger partial charge in [-0.1, -0.05) is 6.07 Å². The molecule has 0 bridgehead atoms. The molecule has 1 fully saturated rings. The molecular formula is C22H23N7. The molecule has 1 aliphatic heterocycles. The second-order valence-electron chi connectivity index (χ2n) is 7.58. The number of nitrogens with two attached hydrogens (primary N) is 1. The van der Waals surface area contributed by atoms with E-state index >= 15 is 0 Å². The van der Waals surface area contributed by atoms with Crippen LogP contribution in [0.25, 0.3) is 33.7 Å². The summed E-state index contributed by atoms with van der Waals surface area (Å²) in [5.74, 6) is 0. The van der Waals surface area contributed by atoms with Gasteiger partial charge in [-0.3, -0.25) is 15.1 Å². The lowest BCUT2D eigenvalue weighted by Gasteiger charge is -2.31. The highest BCUT2D eigenvalue weighted by molar-refractivity contribution is 5.84. The van der Waals surface area contributed by atoms with E-state index in [9.17, 15) is 0 Å². The number of hydrogen-bond acceptors (Lipinski definition) is 6. The molecule has 7 nitrogen and oxygen atoms in total. The van der Waals surface area contributed by atoms with Crippen LogP contribution in [-0.2, 0) is 0 Å². The summed E-state index contributed by atoms with van der Waals surface area (Å²) in [6, 6.07) is 12.4. The Morgan fingerprint density at radius 2 is 1.86 bits per heavy atom. The molecule has 7 heteroatoms. The number of H-pyrrole nitrogens is 1. The third-order valence-electron chi connectivity index (χ3n) is 5.49. The summed E-state index contributed by atoms with van der Waals surface area (Å²) in [6.07, 6.45) is 5.75. The van der Waals surface area contributed by atoms with E-state index in [-0.39, 0.29) is 0 Å². The Morgan fingerprint density at radius 1 is 1.00 bits per heavy atom. The van der Waals surface area contributed by atoms with Crippen molar-refractivity contribution in [3.8, 4) is 22.6 Å². The summed E-state index contributed by atoms with van der Waals surface area (Å²) in [6.45, 7) is 3.90. The standard InChI is InChI=1S/C22H23N7/c1-14-3-2-4-20(26-14)22-17(13-25-28-22)18-5-6-19-21(27-18)11-16(12-24-19)29-9-7-15(23)8-10-29/h2-6,11-13,15H,7-10,23H2,1H3,(H,25,28). The van der Waals surface area contributed by atoms with Crippen molar-refractivity contribution in [2.24, 2.45) is 5.73 Å². The van der Waals surface area contributed by atoms with Crippen molar-refractivity contribution in [2.45, 2.75) is 25.8 Å². The molecule has 0 saturated carbocycles. The Labute approximate surface area is 169 Å². The van der Waals surface area contributed by atoms with E-state index in [1.165, 1.54) is 0 Å². The number of aromatic amines is 1. The van der Waals surface area contributed by atoms with Crippen molar-refractivity contribution < 1.29 is 0 Å². The first-order chi connectivity index (χ1) is 14.2. The molecule has 0 unspecified atom stereocenters. The van der Waals surface area contributed by atoms with Crippen molar-refractivity contribution >= 4 is 16.7 Å². The van der Waals surface area contributed by atoms with E-state index in [1.54, 1.807) is 6.20 Å². The van der Waals surface area contributed by atoms with Crippen LogP contribution in [0.4, 0.5) is 5.69 Å². The van der Waals surface area contributed by atoms with E-state index < -0.39 is 0 Å². The van der Waals surface area contributed by atoms with E-state index in [0.29, 0.717) is 6.04 Å². The van der Waals surface area contributed by atoms with Crippen molar-refractivity contribution in [1.82, 2.24) is 25.1 Å². The number of rotatable bonds is 3. The van der Waals surface area contributed by atoms with Crippen LogP contribution >= 0.6 is 0 Å². The quantitative estimate of drug-likeness (QED) is 0.562. The van der Waals surface area contributed by atoms with Crippen LogP contribution in [0.2, 0.25) is 0 Å². The molecule has 146 valence electrons. The van der Waals surface area contributed by atoms with Crippen LogP contribution < -0.4 is 10.6 Å². The minimum Gasteiger partial charge on any atom is -0.370 e. The molecule has 0 aromatic carbocycles. The molecule has 1 saturated heterocycles. The highest BCUT2D eigenvalue weighted by atomic mass is 15.1. The molecule has 1 aliphatic rings. The molecule has 4 aromatic heterocycles. The number of nitrogens with one attached hydrogen (secondary N) is 1. The average molecular weight is 385 g/mol. The summed E-state index contributed by atoms with van der Waals surface area (Å²) < 4.78 is 0. The van der Waals surface area contributed by atoms with Gasteiger partial charge in [0.05, 0.1) is 46.2 Å². The zero-order valence-electron chi connectivity index (χ0n) is 16.3. The molecule has 3 N–H and O–H groups in total. The minimum atomic E-state index is 0.305. The van der Waals surface area contributed by atoms with Crippen molar-refractivity contribution in [3.05, 3.63) is 54.5 Å². The summed E-state index contributed by atoms with van der Waals surface area (Å²) >= 11 is 0. The first-order valence-electron chi connectivity index (χ1n) is 9.92. The molecule has 4 aromatic rings. The number of hydrogen-bond donors (Lipinski definition) is 2. The number of piperidine rings is 1. The van der Waals surface area contributed by atoms with Crippen LogP contribution in [-0.4, -0.2) is 44.3 Å². The first kappa shape index (κ1) is 17.8. The van der Waals surface area contributed by atoms with Crippen LogP contribution in [0.5, 0.6) is 0 Å². The van der Waals surface area contributed by atoms with E-state index in [0.717, 1.165) is 71.0 Å². The van der Waals surface area contributed by atoms with Gasteiger partial charge in [0.25, 0.3) is 0 Å². The smallest absolute Gasteiger partial charge is 0.0928 e. The number of anilines is 1. The zero-order valence-corrected chi connectivity index (χ0v) is 16.3. The van der Waals surface area contributed by atoms with Gasteiger partial charge in [0.2, 0.25) is 0 Å². The second kappa shape index (κ2) is 7.25. The van der Waals surface area contributed by atoms with Crippen molar-refractivity contribution in [2.75, 3.05) is 18.0 Å². The first-order valence-corrected chi connectivity index (χ1v) is 9.92. The lowest BCUT2D eigenvalue weighted by molar-refractivity contribution is 0.501. The van der Waals surface area contributed by atoms with Gasteiger partial charge >= 0.3 is 0 Å². The van der Waals surface area contributed by atoms with Crippen LogP contribution in [0.15, 0.2) is 48.8 Å². The fraction of sp³-hybridized carbons (Fsp3) is 0.273. The Hall–Kier alpha value is -3.32. The lowest BCUT2D eigenvalue weighted by atomic mass is 10.1. The third kappa shape index (κ3) is 3.45. The number of pyridine rings is 3. The summed E-state index contributed by atoms with van der Waals surface area (Å²) in [7, 11) is 0. The van der Waals surface area contributed by atoms with Crippen molar-refractivity contribution in [3.63, 3.8) is 0 Å². The Kier molecular flexibility index (Phi) is 4.44. The molecule has 0 atom stereocenters. The van der Waals surface area contributed by atoms with Gasteiger partial charge in [0.1, 0.15) is 0 Å². The van der Waals surface area contributed by atoms with Gasteiger partial charge in [0, 0.05) is 30.4 Å². The third-order valence-corrected chi connectivity index (χ3v) is 5.49. The van der Waals surface area contributed by atoms with Crippen LogP contribution in [0, 0.1) is 6.92 Å². The van der Waals surface area contributed by atoms with Gasteiger partial charge < -0.3 is 10.6 Å². The molecule has 5 rings (SSSR count). The number of fused-ring (bicyclic) bond motifs is 1. The molecule has 0 amide bonds. The summed E-state index contributed by atoms with van der Waals surface area (Å²) in [5, 5.41) is 7.32. The number of aryl methyl sites for hydroxylation is 1. The largest absolute Gasteiger partial charge is 0.370 e. The van der Waals surface area contributed by atoms with Gasteiger partial charge in [-0.2, -0.15) is 5.10 Å². The Balaban J connectivity index is 1.53. The fourth-order valence-corrected chi connectivity index (χ4v) is 3.83. The van der Waals surface area contributed by atoms with E-state index in [2.05, 4.69) is 31.1 Å². The molecule has 0 aliphatic carbocycles. The minimum absolute atomic E-state index is 0.305. The molecule has 0 spiro atoms. The highest BCUT2D eigenvalue weighted by Crippen LogP contribution is 2.30. The Bertz CT molecular complexity index is 1160. The van der Waals surface area contributed by atoms with Crippen LogP contribution in [0.1, 0.15) is 18.5 Å². The molecule has 0 radical (unpaired) electrons. The predicted molar refractivity (Wildman–Crippen MR) is 115 cm³/mol. The average Bonchev–Trinajstić information content (AvgIpc) is 3.23.